The fraction of sp³-hybridized carbons (Fsp3) is 0.500. The van der Waals surface area contributed by atoms with Crippen LogP contribution in [0.4, 0.5) is 15.8 Å². The lowest BCUT2D eigenvalue weighted by atomic mass is 10.2. The molecule has 0 heterocycles. The number of benzene rings is 1. The Hall–Kier alpha value is -1.25. The van der Waals surface area contributed by atoms with Crippen LogP contribution in [-0.2, 0) is 0 Å². The van der Waals surface area contributed by atoms with Gasteiger partial charge in [0.05, 0.1) is 5.69 Å². The molecular formula is C12H21FN2. The zero-order valence-electron chi connectivity index (χ0n) is 10.0. The van der Waals surface area contributed by atoms with Crippen molar-refractivity contribution in [3.63, 3.8) is 0 Å². The Morgan fingerprint density at radius 3 is 2.13 bits per heavy atom. The van der Waals surface area contributed by atoms with Gasteiger partial charge in [-0.3, -0.25) is 0 Å². The Morgan fingerprint density at radius 2 is 1.73 bits per heavy atom. The second kappa shape index (κ2) is 7.10. The first kappa shape index (κ1) is 13.8. The summed E-state index contributed by atoms with van der Waals surface area (Å²) < 4.78 is 13.4. The first-order chi connectivity index (χ1) is 7.19. The lowest BCUT2D eigenvalue weighted by Gasteiger charge is -2.21. The predicted molar refractivity (Wildman–Crippen MR) is 65.7 cm³/mol. The fourth-order valence-electron chi connectivity index (χ4n) is 1.34. The van der Waals surface area contributed by atoms with Gasteiger partial charge in [0.2, 0.25) is 0 Å². The van der Waals surface area contributed by atoms with Crippen LogP contribution >= 0.6 is 0 Å². The highest BCUT2D eigenvalue weighted by molar-refractivity contribution is 5.54. The van der Waals surface area contributed by atoms with Gasteiger partial charge in [-0.05, 0) is 32.0 Å². The fourth-order valence-corrected chi connectivity index (χ4v) is 1.34. The maximum absolute atomic E-state index is 13.4. The third kappa shape index (κ3) is 3.78. The first-order valence-electron chi connectivity index (χ1n) is 5.49. The third-order valence-electron chi connectivity index (χ3n) is 2.08. The van der Waals surface area contributed by atoms with Crippen molar-refractivity contribution in [3.8, 4) is 0 Å². The lowest BCUT2D eigenvalue weighted by molar-refractivity contribution is 0.620. The minimum absolute atomic E-state index is 0.247. The van der Waals surface area contributed by atoms with E-state index in [0.717, 1.165) is 13.1 Å². The van der Waals surface area contributed by atoms with Crippen LogP contribution in [0.1, 0.15) is 27.7 Å². The van der Waals surface area contributed by atoms with E-state index in [-0.39, 0.29) is 5.82 Å². The van der Waals surface area contributed by atoms with Crippen molar-refractivity contribution >= 4 is 11.4 Å². The molecule has 0 aliphatic heterocycles. The molecule has 0 amide bonds. The predicted octanol–water partition coefficient (Wildman–Crippen LogP) is 3.28. The van der Waals surface area contributed by atoms with E-state index in [1.165, 1.54) is 6.07 Å². The molecule has 1 aromatic carbocycles. The number of hydrogen-bond acceptors (Lipinski definition) is 2. The van der Waals surface area contributed by atoms with Gasteiger partial charge in [-0.2, -0.15) is 0 Å². The minimum atomic E-state index is -0.247. The van der Waals surface area contributed by atoms with Crippen molar-refractivity contribution in [2.45, 2.75) is 27.7 Å². The van der Waals surface area contributed by atoms with Crippen LogP contribution in [0.2, 0.25) is 0 Å². The zero-order valence-corrected chi connectivity index (χ0v) is 10.0. The molecule has 2 N–H and O–H groups in total. The molecule has 0 aromatic heterocycles. The number of rotatable bonds is 3. The van der Waals surface area contributed by atoms with Gasteiger partial charge in [-0.25, -0.2) is 4.39 Å². The molecule has 0 saturated heterocycles. The average molecular weight is 212 g/mol. The molecule has 0 aliphatic carbocycles. The van der Waals surface area contributed by atoms with Crippen LogP contribution in [0, 0.1) is 5.82 Å². The van der Waals surface area contributed by atoms with Gasteiger partial charge in [-0.15, -0.1) is 0 Å². The Balaban J connectivity index is 0.000000921. The monoisotopic (exact) mass is 212 g/mol. The van der Waals surface area contributed by atoms with Crippen molar-refractivity contribution in [3.05, 3.63) is 24.0 Å². The van der Waals surface area contributed by atoms with Crippen LogP contribution in [-0.4, -0.2) is 13.1 Å². The number of anilines is 2. The minimum Gasteiger partial charge on any atom is -0.399 e. The molecule has 0 aliphatic rings. The summed E-state index contributed by atoms with van der Waals surface area (Å²) in [4.78, 5) is 1.95. The summed E-state index contributed by atoms with van der Waals surface area (Å²) >= 11 is 0. The number of hydrogen-bond donors (Lipinski definition) is 1. The second-order valence-corrected chi connectivity index (χ2v) is 2.88. The molecule has 0 bridgehead atoms. The Labute approximate surface area is 91.9 Å². The zero-order chi connectivity index (χ0) is 11.8. The van der Waals surface area contributed by atoms with E-state index in [9.17, 15) is 4.39 Å². The molecule has 1 aromatic rings. The Bertz CT molecular complexity index is 283. The summed E-state index contributed by atoms with van der Waals surface area (Å²) in [5.74, 6) is -0.247. The topological polar surface area (TPSA) is 29.3 Å². The molecule has 3 heteroatoms. The Kier molecular flexibility index (Phi) is 6.50. The number of halogens is 1. The summed E-state index contributed by atoms with van der Waals surface area (Å²) in [6.45, 7) is 9.60. The highest BCUT2D eigenvalue weighted by atomic mass is 19.1. The maximum atomic E-state index is 13.4. The second-order valence-electron chi connectivity index (χ2n) is 2.88. The van der Waals surface area contributed by atoms with Gasteiger partial charge < -0.3 is 10.6 Å². The number of nitrogens with two attached hydrogens (primary N) is 1. The third-order valence-corrected chi connectivity index (χ3v) is 2.08. The van der Waals surface area contributed by atoms with Gasteiger partial charge in [0.15, 0.2) is 0 Å². The van der Waals surface area contributed by atoms with Gasteiger partial charge >= 0.3 is 0 Å². The van der Waals surface area contributed by atoms with E-state index in [4.69, 9.17) is 5.73 Å². The van der Waals surface area contributed by atoms with Crippen molar-refractivity contribution in [2.75, 3.05) is 23.7 Å². The number of nitrogen functional groups attached to an aromatic ring is 1. The van der Waals surface area contributed by atoms with Crippen molar-refractivity contribution in [2.24, 2.45) is 0 Å². The van der Waals surface area contributed by atoms with E-state index in [2.05, 4.69) is 0 Å². The van der Waals surface area contributed by atoms with Crippen molar-refractivity contribution in [1.82, 2.24) is 0 Å². The lowest BCUT2D eigenvalue weighted by Crippen LogP contribution is -2.22. The summed E-state index contributed by atoms with van der Waals surface area (Å²) in [6.07, 6.45) is 0. The molecule has 86 valence electrons. The summed E-state index contributed by atoms with van der Waals surface area (Å²) in [6, 6.07) is 4.79. The summed E-state index contributed by atoms with van der Waals surface area (Å²) in [7, 11) is 0. The van der Waals surface area contributed by atoms with Crippen molar-refractivity contribution < 1.29 is 4.39 Å². The largest absolute Gasteiger partial charge is 0.399 e. The van der Waals surface area contributed by atoms with E-state index >= 15 is 0 Å². The van der Waals surface area contributed by atoms with Gasteiger partial charge in [0, 0.05) is 18.8 Å². The summed E-state index contributed by atoms with van der Waals surface area (Å²) in [5, 5.41) is 0. The molecule has 2 nitrogen and oxygen atoms in total. The highest BCUT2D eigenvalue weighted by Gasteiger charge is 2.07. The normalized spacial score (nSPS) is 9.13. The van der Waals surface area contributed by atoms with Gasteiger partial charge in [0.1, 0.15) is 5.82 Å². The van der Waals surface area contributed by atoms with Crippen LogP contribution < -0.4 is 10.6 Å². The van der Waals surface area contributed by atoms with Gasteiger partial charge in [0.25, 0.3) is 0 Å². The standard InChI is InChI=1S/C10H15FN2.C2H6/c1-3-13(4-2)10-6-5-8(12)7-9(10)11;1-2/h5-7H,3-4,12H2,1-2H3;1-2H3. The van der Waals surface area contributed by atoms with Crippen LogP contribution in [0.5, 0.6) is 0 Å². The average Bonchev–Trinajstić information content (AvgIpc) is 2.25. The molecule has 0 radical (unpaired) electrons. The smallest absolute Gasteiger partial charge is 0.148 e. The highest BCUT2D eigenvalue weighted by Crippen LogP contribution is 2.20. The molecule has 0 fully saturated rings. The summed E-state index contributed by atoms with van der Waals surface area (Å²) in [5.41, 5.74) is 6.54. The van der Waals surface area contributed by atoms with E-state index in [1.807, 2.05) is 32.6 Å². The van der Waals surface area contributed by atoms with Crippen LogP contribution in [0.15, 0.2) is 18.2 Å². The molecule has 0 unspecified atom stereocenters. The molecule has 15 heavy (non-hydrogen) atoms. The van der Waals surface area contributed by atoms with E-state index < -0.39 is 0 Å². The maximum Gasteiger partial charge on any atom is 0.148 e. The van der Waals surface area contributed by atoms with E-state index in [0.29, 0.717) is 11.4 Å². The SMILES string of the molecule is CC.CCN(CC)c1ccc(N)cc1F. The van der Waals surface area contributed by atoms with Gasteiger partial charge in [-0.1, -0.05) is 13.8 Å². The van der Waals surface area contributed by atoms with Crippen LogP contribution in [0.3, 0.4) is 0 Å². The van der Waals surface area contributed by atoms with Crippen LogP contribution in [0.25, 0.3) is 0 Å². The quantitative estimate of drug-likeness (QED) is 0.779. The number of nitrogens with zero attached hydrogens (tertiary/aromatic N) is 1. The molecule has 0 saturated carbocycles. The first-order valence-corrected chi connectivity index (χ1v) is 5.49. The molecule has 0 atom stereocenters. The Morgan fingerprint density at radius 1 is 1.20 bits per heavy atom. The van der Waals surface area contributed by atoms with Crippen molar-refractivity contribution in [1.29, 1.82) is 0 Å². The molecular weight excluding hydrogens is 191 g/mol. The molecule has 0 spiro atoms. The molecule has 1 rings (SSSR count). The van der Waals surface area contributed by atoms with E-state index in [1.54, 1.807) is 12.1 Å².